The fourth-order valence-electron chi connectivity index (χ4n) is 2.74. The minimum Gasteiger partial charge on any atom is -0.351 e. The van der Waals surface area contributed by atoms with Crippen molar-refractivity contribution in [2.45, 2.75) is 33.2 Å². The first-order valence-corrected chi connectivity index (χ1v) is 7.65. The van der Waals surface area contributed by atoms with Gasteiger partial charge in [-0.3, -0.25) is 9.59 Å². The van der Waals surface area contributed by atoms with Crippen LogP contribution in [0.5, 0.6) is 0 Å². The maximum Gasteiger partial charge on any atom is 0.248 e. The monoisotopic (exact) mass is 301 g/mol. The molecule has 0 bridgehead atoms. The Hall–Kier alpha value is -2.14. The van der Waals surface area contributed by atoms with Gasteiger partial charge in [0.1, 0.15) is 0 Å². The molecule has 4 N–H and O–H groups in total. The molecule has 1 heterocycles. The summed E-state index contributed by atoms with van der Waals surface area (Å²) in [7, 11) is 0. The Bertz CT molecular complexity index is 709. The van der Waals surface area contributed by atoms with E-state index >= 15 is 0 Å². The maximum atomic E-state index is 12.5. The summed E-state index contributed by atoms with van der Waals surface area (Å²) in [6.07, 6.45) is 1.39. The topological polar surface area (TPSA) is 88.0 Å². The molecule has 0 aliphatic carbocycles. The van der Waals surface area contributed by atoms with Crippen LogP contribution in [0.3, 0.4) is 0 Å². The molecule has 1 amide bonds. The van der Waals surface area contributed by atoms with E-state index in [2.05, 4.69) is 10.3 Å². The van der Waals surface area contributed by atoms with Crippen LogP contribution in [0.2, 0.25) is 0 Å². The average Bonchev–Trinajstić information content (AvgIpc) is 2.54. The Morgan fingerprint density at radius 2 is 1.95 bits per heavy atom. The lowest BCUT2D eigenvalue weighted by atomic mass is 9.81. The van der Waals surface area contributed by atoms with E-state index in [1.807, 2.05) is 38.1 Å². The third kappa shape index (κ3) is 3.04. The SMILES string of the molecule is CCC(CC)(CN)C(=O)NCc1cc(=O)[nH]c2ccccc12. The van der Waals surface area contributed by atoms with E-state index in [4.69, 9.17) is 5.73 Å². The second-order valence-electron chi connectivity index (χ2n) is 5.58. The molecule has 0 spiro atoms. The molecular formula is C17H23N3O2. The molecular weight excluding hydrogens is 278 g/mol. The number of hydrogen-bond donors (Lipinski definition) is 3. The first-order valence-electron chi connectivity index (χ1n) is 7.65. The van der Waals surface area contributed by atoms with E-state index in [1.54, 1.807) is 0 Å². The smallest absolute Gasteiger partial charge is 0.248 e. The number of nitrogens with two attached hydrogens (primary N) is 1. The highest BCUT2D eigenvalue weighted by molar-refractivity contribution is 5.85. The third-order valence-corrected chi connectivity index (χ3v) is 4.50. The standard InChI is InChI=1S/C17H23N3O2/c1-3-17(4-2,11-18)16(22)19-10-12-9-15(21)20-14-8-6-5-7-13(12)14/h5-9H,3-4,10-11,18H2,1-2H3,(H,19,22)(H,20,21). The van der Waals surface area contributed by atoms with E-state index in [0.29, 0.717) is 25.9 Å². The zero-order valence-electron chi connectivity index (χ0n) is 13.1. The van der Waals surface area contributed by atoms with E-state index in [0.717, 1.165) is 16.5 Å². The Balaban J connectivity index is 2.25. The van der Waals surface area contributed by atoms with Gasteiger partial charge in [-0.25, -0.2) is 0 Å². The average molecular weight is 301 g/mol. The summed E-state index contributed by atoms with van der Waals surface area (Å²) in [5.41, 5.74) is 6.68. The van der Waals surface area contributed by atoms with Gasteiger partial charge in [0.05, 0.1) is 5.41 Å². The van der Waals surface area contributed by atoms with Crippen molar-refractivity contribution in [3.8, 4) is 0 Å². The maximum absolute atomic E-state index is 12.5. The van der Waals surface area contributed by atoms with Gasteiger partial charge in [-0.1, -0.05) is 32.0 Å². The Kier molecular flexibility index (Phi) is 4.98. The number of para-hydroxylation sites is 1. The second kappa shape index (κ2) is 6.75. The lowest BCUT2D eigenvalue weighted by Gasteiger charge is -2.28. The molecule has 0 radical (unpaired) electrons. The molecule has 118 valence electrons. The number of benzene rings is 1. The normalized spacial score (nSPS) is 11.6. The van der Waals surface area contributed by atoms with Crippen molar-refractivity contribution >= 4 is 16.8 Å². The molecule has 0 aliphatic rings. The van der Waals surface area contributed by atoms with Crippen molar-refractivity contribution in [3.63, 3.8) is 0 Å². The largest absolute Gasteiger partial charge is 0.351 e. The van der Waals surface area contributed by atoms with Gasteiger partial charge in [-0.05, 0) is 24.5 Å². The molecule has 0 saturated heterocycles. The summed E-state index contributed by atoms with van der Waals surface area (Å²) < 4.78 is 0. The molecule has 0 fully saturated rings. The number of H-pyrrole nitrogens is 1. The predicted molar refractivity (Wildman–Crippen MR) is 88.5 cm³/mol. The van der Waals surface area contributed by atoms with Gasteiger partial charge >= 0.3 is 0 Å². The van der Waals surface area contributed by atoms with Crippen LogP contribution in [0.25, 0.3) is 10.9 Å². The molecule has 5 heteroatoms. The first kappa shape index (κ1) is 16.2. The summed E-state index contributed by atoms with van der Waals surface area (Å²) in [6.45, 7) is 4.59. The summed E-state index contributed by atoms with van der Waals surface area (Å²) >= 11 is 0. The van der Waals surface area contributed by atoms with Crippen molar-refractivity contribution in [1.82, 2.24) is 10.3 Å². The molecule has 1 aromatic heterocycles. The van der Waals surface area contributed by atoms with Gasteiger partial charge in [-0.2, -0.15) is 0 Å². The van der Waals surface area contributed by atoms with E-state index in [9.17, 15) is 9.59 Å². The van der Waals surface area contributed by atoms with Crippen LogP contribution < -0.4 is 16.6 Å². The molecule has 0 atom stereocenters. The van der Waals surface area contributed by atoms with Gasteiger partial charge in [0, 0.05) is 30.1 Å². The van der Waals surface area contributed by atoms with Crippen molar-refractivity contribution in [1.29, 1.82) is 0 Å². The van der Waals surface area contributed by atoms with Gasteiger partial charge < -0.3 is 16.0 Å². The number of pyridine rings is 1. The minimum absolute atomic E-state index is 0.0515. The molecule has 1 aromatic carbocycles. The van der Waals surface area contributed by atoms with Crippen LogP contribution in [0.4, 0.5) is 0 Å². The van der Waals surface area contributed by atoms with Crippen LogP contribution in [0.15, 0.2) is 35.1 Å². The van der Waals surface area contributed by atoms with Crippen LogP contribution in [0.1, 0.15) is 32.3 Å². The highest BCUT2D eigenvalue weighted by Crippen LogP contribution is 2.25. The highest BCUT2D eigenvalue weighted by atomic mass is 16.2. The van der Waals surface area contributed by atoms with Gasteiger partial charge in [0.2, 0.25) is 11.5 Å². The Morgan fingerprint density at radius 1 is 1.27 bits per heavy atom. The summed E-state index contributed by atoms with van der Waals surface area (Å²) in [5.74, 6) is -0.0515. The molecule has 0 aliphatic heterocycles. The van der Waals surface area contributed by atoms with Crippen LogP contribution in [-0.4, -0.2) is 17.4 Å². The number of carbonyl (C=O) groups is 1. The molecule has 5 nitrogen and oxygen atoms in total. The Morgan fingerprint density at radius 3 is 2.59 bits per heavy atom. The fourth-order valence-corrected chi connectivity index (χ4v) is 2.74. The summed E-state index contributed by atoms with van der Waals surface area (Å²) in [6, 6.07) is 9.10. The minimum atomic E-state index is -0.531. The number of amides is 1. The number of rotatable bonds is 6. The van der Waals surface area contributed by atoms with Gasteiger partial charge in [-0.15, -0.1) is 0 Å². The number of hydrogen-bond acceptors (Lipinski definition) is 3. The third-order valence-electron chi connectivity index (χ3n) is 4.50. The van der Waals surface area contributed by atoms with Crippen molar-refractivity contribution < 1.29 is 4.79 Å². The van der Waals surface area contributed by atoms with E-state index < -0.39 is 5.41 Å². The van der Waals surface area contributed by atoms with Crippen LogP contribution in [-0.2, 0) is 11.3 Å². The van der Waals surface area contributed by atoms with Crippen molar-refractivity contribution in [2.24, 2.45) is 11.1 Å². The van der Waals surface area contributed by atoms with Gasteiger partial charge in [0.15, 0.2) is 0 Å². The van der Waals surface area contributed by atoms with Gasteiger partial charge in [0.25, 0.3) is 0 Å². The number of nitrogens with one attached hydrogen (secondary N) is 2. The summed E-state index contributed by atoms with van der Waals surface area (Å²) in [5, 5.41) is 3.88. The molecule has 2 rings (SSSR count). The molecule has 22 heavy (non-hydrogen) atoms. The Labute approximate surface area is 129 Å². The summed E-state index contributed by atoms with van der Waals surface area (Å²) in [4.78, 5) is 27.0. The molecule has 0 saturated carbocycles. The number of carbonyl (C=O) groups excluding carboxylic acids is 1. The lowest BCUT2D eigenvalue weighted by molar-refractivity contribution is -0.131. The highest BCUT2D eigenvalue weighted by Gasteiger charge is 2.32. The number of fused-ring (bicyclic) bond motifs is 1. The van der Waals surface area contributed by atoms with Crippen molar-refractivity contribution in [3.05, 3.63) is 46.2 Å². The second-order valence-corrected chi connectivity index (χ2v) is 5.58. The molecule has 2 aromatic rings. The van der Waals surface area contributed by atoms with E-state index in [1.165, 1.54) is 6.07 Å². The molecule has 0 unspecified atom stereocenters. The predicted octanol–water partition coefficient (Wildman–Crippen LogP) is 1.91. The first-order chi connectivity index (χ1) is 10.6. The number of aromatic nitrogens is 1. The zero-order valence-corrected chi connectivity index (χ0v) is 13.1. The van der Waals surface area contributed by atoms with Crippen LogP contribution >= 0.6 is 0 Å². The van der Waals surface area contributed by atoms with Crippen LogP contribution in [0, 0.1) is 5.41 Å². The fraction of sp³-hybridized carbons (Fsp3) is 0.412. The van der Waals surface area contributed by atoms with Crippen molar-refractivity contribution in [2.75, 3.05) is 6.54 Å². The zero-order chi connectivity index (χ0) is 16.2. The number of aromatic amines is 1. The lowest BCUT2D eigenvalue weighted by Crippen LogP contribution is -2.45. The quantitative estimate of drug-likeness (QED) is 0.761. The van der Waals surface area contributed by atoms with E-state index in [-0.39, 0.29) is 11.5 Å².